The van der Waals surface area contributed by atoms with Gasteiger partial charge in [0.15, 0.2) is 5.78 Å². The molecule has 0 heterocycles. The molecule has 180 valence electrons. The van der Waals surface area contributed by atoms with Gasteiger partial charge in [-0.2, -0.15) is 0 Å². The molecule has 7 nitrogen and oxygen atoms in total. The second kappa shape index (κ2) is 9.25. The zero-order valence-electron chi connectivity index (χ0n) is 19.7. The van der Waals surface area contributed by atoms with Gasteiger partial charge < -0.3 is 20.3 Å². The first-order chi connectivity index (χ1) is 16.6. The summed E-state index contributed by atoms with van der Waals surface area (Å²) in [5.74, 6) is -2.51. The number of Topliss-reactive ketones (excluding diaryl/α,β-unsaturated/α-hetero) is 1. The molecule has 0 unspecified atom stereocenters. The van der Waals surface area contributed by atoms with Crippen LogP contribution < -0.4 is 5.32 Å². The number of fused-ring (bicyclic) bond motifs is 2. The van der Waals surface area contributed by atoms with Gasteiger partial charge in [0, 0.05) is 0 Å². The Hall–Kier alpha value is -4.13. The van der Waals surface area contributed by atoms with Crippen LogP contribution in [0.4, 0.5) is 4.79 Å². The average Bonchev–Trinajstić information content (AvgIpc) is 2.78. The molecule has 3 N–H and O–H groups in total. The Morgan fingerprint density at radius 1 is 0.886 bits per heavy atom. The largest absolute Gasteiger partial charge is 0.507 e. The van der Waals surface area contributed by atoms with Gasteiger partial charge in [0.25, 0.3) is 0 Å². The van der Waals surface area contributed by atoms with Gasteiger partial charge in [-0.1, -0.05) is 54.6 Å². The van der Waals surface area contributed by atoms with E-state index in [1.165, 1.54) is 12.1 Å². The van der Waals surface area contributed by atoms with Crippen LogP contribution in [-0.2, 0) is 16.0 Å². The zero-order valence-corrected chi connectivity index (χ0v) is 19.7. The highest BCUT2D eigenvalue weighted by molar-refractivity contribution is 6.18. The number of phenols is 2. The highest BCUT2D eigenvalue weighted by Gasteiger charge is 2.41. The Morgan fingerprint density at radius 3 is 1.94 bits per heavy atom. The summed E-state index contributed by atoms with van der Waals surface area (Å²) in [6, 6.07) is 17.3. The van der Waals surface area contributed by atoms with E-state index in [0.717, 1.165) is 5.56 Å². The third-order valence-electron chi connectivity index (χ3n) is 5.83. The van der Waals surface area contributed by atoms with Gasteiger partial charge in [0.05, 0.1) is 23.1 Å². The molecule has 4 rings (SSSR count). The van der Waals surface area contributed by atoms with Crippen molar-refractivity contribution in [3.8, 4) is 11.5 Å². The number of carbonyl (C=O) groups excluding carboxylic acids is 3. The number of nitrogens with one attached hydrogen (secondary N) is 1. The van der Waals surface area contributed by atoms with Crippen LogP contribution in [0.15, 0.2) is 66.7 Å². The number of carbonyl (C=O) groups is 3. The van der Waals surface area contributed by atoms with Crippen LogP contribution in [0, 0.1) is 0 Å². The highest BCUT2D eigenvalue weighted by atomic mass is 16.6. The number of rotatable bonds is 5. The standard InChI is InChI=1S/C28H27NO6/c1-28(2,3)35-27(34)29-19(15-16-9-5-4-6-10-16)25(32)22-17-11-7-13-20(30)23(17)26(33)24-18(22)12-8-14-21(24)31/h4-14,19,22,30-31H,15H2,1-3H3,(H,29,34)/t19-/m0/s1. The van der Waals surface area contributed by atoms with Crippen LogP contribution in [0.3, 0.4) is 0 Å². The number of ether oxygens (including phenoxy) is 1. The predicted molar refractivity (Wildman–Crippen MR) is 130 cm³/mol. The van der Waals surface area contributed by atoms with Gasteiger partial charge in [0.2, 0.25) is 5.78 Å². The van der Waals surface area contributed by atoms with E-state index >= 15 is 0 Å². The van der Waals surface area contributed by atoms with Crippen molar-refractivity contribution in [2.45, 2.75) is 44.8 Å². The van der Waals surface area contributed by atoms with Crippen molar-refractivity contribution in [3.63, 3.8) is 0 Å². The Morgan fingerprint density at radius 2 is 1.43 bits per heavy atom. The van der Waals surface area contributed by atoms with E-state index in [1.54, 1.807) is 45.0 Å². The number of benzene rings is 3. The fourth-order valence-electron chi connectivity index (χ4n) is 4.41. The van der Waals surface area contributed by atoms with E-state index in [2.05, 4.69) is 5.32 Å². The maximum Gasteiger partial charge on any atom is 0.408 e. The summed E-state index contributed by atoms with van der Waals surface area (Å²) in [4.78, 5) is 40.0. The molecule has 0 radical (unpaired) electrons. The normalized spacial score (nSPS) is 14.0. The van der Waals surface area contributed by atoms with Gasteiger partial charge in [-0.15, -0.1) is 0 Å². The van der Waals surface area contributed by atoms with Crippen molar-refractivity contribution in [3.05, 3.63) is 94.5 Å². The first kappa shape index (κ1) is 24.0. The summed E-state index contributed by atoms with van der Waals surface area (Å²) in [7, 11) is 0. The van der Waals surface area contributed by atoms with E-state index in [1.807, 2.05) is 30.3 Å². The van der Waals surface area contributed by atoms with Crippen molar-refractivity contribution >= 4 is 17.7 Å². The van der Waals surface area contributed by atoms with Gasteiger partial charge in [-0.25, -0.2) is 4.79 Å². The SMILES string of the molecule is CC(C)(C)OC(=O)N[C@@H](Cc1ccccc1)C(=O)C1c2cccc(O)c2C(=O)c2c(O)cccc21. The Balaban J connectivity index is 1.81. The predicted octanol–water partition coefficient (Wildman–Crippen LogP) is 4.48. The summed E-state index contributed by atoms with van der Waals surface area (Å²) < 4.78 is 5.40. The van der Waals surface area contributed by atoms with Gasteiger partial charge >= 0.3 is 6.09 Å². The molecule has 0 saturated carbocycles. The number of alkyl carbamates (subject to hydrolysis) is 1. The van der Waals surface area contributed by atoms with Crippen molar-refractivity contribution in [1.29, 1.82) is 0 Å². The van der Waals surface area contributed by atoms with Crippen molar-refractivity contribution in [2.75, 3.05) is 0 Å². The molecular weight excluding hydrogens is 446 g/mol. The van der Waals surface area contributed by atoms with Crippen molar-refractivity contribution in [2.24, 2.45) is 0 Å². The molecule has 0 aliphatic heterocycles. The number of ketones is 2. The lowest BCUT2D eigenvalue weighted by atomic mass is 9.73. The summed E-state index contributed by atoms with van der Waals surface area (Å²) in [6.07, 6.45) is -0.558. The van der Waals surface area contributed by atoms with E-state index < -0.39 is 35.2 Å². The van der Waals surface area contributed by atoms with Gasteiger partial charge in [0.1, 0.15) is 17.1 Å². The Kier molecular flexibility index (Phi) is 6.35. The molecule has 3 aromatic carbocycles. The minimum Gasteiger partial charge on any atom is -0.507 e. The first-order valence-electron chi connectivity index (χ1n) is 11.3. The fraction of sp³-hybridized carbons (Fsp3) is 0.250. The minimum absolute atomic E-state index is 0.0319. The van der Waals surface area contributed by atoms with Gasteiger partial charge in [-0.3, -0.25) is 9.59 Å². The number of aromatic hydroxyl groups is 2. The molecule has 0 bridgehead atoms. The number of hydrogen-bond donors (Lipinski definition) is 3. The average molecular weight is 474 g/mol. The molecule has 3 aromatic rings. The third-order valence-corrected chi connectivity index (χ3v) is 5.83. The van der Waals surface area contributed by atoms with E-state index in [9.17, 15) is 24.6 Å². The summed E-state index contributed by atoms with van der Waals surface area (Å²) >= 11 is 0. The van der Waals surface area contributed by atoms with Gasteiger partial charge in [-0.05, 0) is 56.0 Å². The number of hydrogen-bond acceptors (Lipinski definition) is 6. The molecule has 0 fully saturated rings. The minimum atomic E-state index is -1.00. The van der Waals surface area contributed by atoms with Crippen LogP contribution in [0.1, 0.15) is 59.3 Å². The molecule has 1 atom stereocenters. The topological polar surface area (TPSA) is 113 Å². The lowest BCUT2D eigenvalue weighted by Crippen LogP contribution is -2.47. The number of phenolic OH excluding ortho intramolecular Hbond substituents is 2. The second-order valence-electron chi connectivity index (χ2n) is 9.54. The summed E-state index contributed by atoms with van der Waals surface area (Å²) in [6.45, 7) is 5.18. The molecule has 0 aromatic heterocycles. The lowest BCUT2D eigenvalue weighted by Gasteiger charge is -2.31. The maximum atomic E-state index is 14.1. The van der Waals surface area contributed by atoms with E-state index in [0.29, 0.717) is 11.1 Å². The lowest BCUT2D eigenvalue weighted by molar-refractivity contribution is -0.121. The first-order valence-corrected chi connectivity index (χ1v) is 11.3. The van der Waals surface area contributed by atoms with Crippen LogP contribution in [0.2, 0.25) is 0 Å². The van der Waals surface area contributed by atoms with Crippen molar-refractivity contribution in [1.82, 2.24) is 5.32 Å². The smallest absolute Gasteiger partial charge is 0.408 e. The molecule has 1 aliphatic rings. The second-order valence-corrected chi connectivity index (χ2v) is 9.54. The molecule has 35 heavy (non-hydrogen) atoms. The molecule has 1 aliphatic carbocycles. The van der Waals surface area contributed by atoms with Crippen LogP contribution in [-0.4, -0.2) is 39.5 Å². The molecule has 7 heteroatoms. The summed E-state index contributed by atoms with van der Waals surface area (Å²) in [5, 5.41) is 23.7. The Labute approximate surface area is 203 Å². The van der Waals surface area contributed by atoms with Crippen LogP contribution in [0.25, 0.3) is 0 Å². The highest BCUT2D eigenvalue weighted by Crippen LogP contribution is 2.43. The molecule has 0 spiro atoms. The fourth-order valence-corrected chi connectivity index (χ4v) is 4.41. The van der Waals surface area contributed by atoms with Crippen molar-refractivity contribution < 1.29 is 29.3 Å². The van der Waals surface area contributed by atoms with E-state index in [-0.39, 0.29) is 29.0 Å². The summed E-state index contributed by atoms with van der Waals surface area (Å²) in [5.41, 5.74) is 0.634. The maximum absolute atomic E-state index is 14.1. The molecule has 0 saturated heterocycles. The van der Waals surface area contributed by atoms with Crippen LogP contribution in [0.5, 0.6) is 11.5 Å². The zero-order chi connectivity index (χ0) is 25.3. The quantitative estimate of drug-likeness (QED) is 0.504. The molecule has 1 amide bonds. The monoisotopic (exact) mass is 473 g/mol. The third kappa shape index (κ3) is 4.89. The van der Waals surface area contributed by atoms with E-state index in [4.69, 9.17) is 4.74 Å². The number of amides is 1. The Bertz CT molecular complexity index is 1240. The molecular formula is C28H27NO6. The van der Waals surface area contributed by atoms with Crippen LogP contribution >= 0.6 is 0 Å².